The fraction of sp³-hybridized carbons (Fsp3) is 0.381. The van der Waals surface area contributed by atoms with Crippen LogP contribution in [-0.4, -0.2) is 45.8 Å². The molecule has 0 saturated carbocycles. The number of nitrogens with one attached hydrogen (secondary N) is 1. The van der Waals surface area contributed by atoms with Gasteiger partial charge in [-0.15, -0.1) is 11.3 Å². The van der Waals surface area contributed by atoms with Crippen molar-refractivity contribution in [1.82, 2.24) is 15.0 Å². The van der Waals surface area contributed by atoms with Crippen molar-refractivity contribution in [3.8, 4) is 22.2 Å². The summed E-state index contributed by atoms with van der Waals surface area (Å²) >= 11 is 7.99. The topological polar surface area (TPSA) is 91.5 Å². The summed E-state index contributed by atoms with van der Waals surface area (Å²) in [7, 11) is 0. The average Bonchev–Trinajstić information content (AvgIpc) is 3.35. The number of anilines is 1. The summed E-state index contributed by atoms with van der Waals surface area (Å²) in [5.74, 6) is 0.366. The van der Waals surface area contributed by atoms with Crippen molar-refractivity contribution in [3.63, 3.8) is 0 Å². The number of amides is 1. The van der Waals surface area contributed by atoms with Crippen LogP contribution in [0.15, 0.2) is 22.7 Å². The molecule has 2 N–H and O–H groups in total. The number of carbonyl (C=O) groups is 1. The summed E-state index contributed by atoms with van der Waals surface area (Å²) in [6, 6.07) is 5.56. The van der Waals surface area contributed by atoms with Crippen molar-refractivity contribution in [2.24, 2.45) is 0 Å². The van der Waals surface area contributed by atoms with Crippen molar-refractivity contribution in [3.05, 3.63) is 39.2 Å². The molecule has 9 heteroatoms. The third kappa shape index (κ3) is 4.89. The summed E-state index contributed by atoms with van der Waals surface area (Å²) in [6.07, 6.45) is 0. The zero-order valence-corrected chi connectivity index (χ0v) is 19.0. The van der Waals surface area contributed by atoms with Gasteiger partial charge in [0.15, 0.2) is 0 Å². The maximum absolute atomic E-state index is 11.5. The number of aryl methyl sites for hydroxylation is 2. The summed E-state index contributed by atoms with van der Waals surface area (Å²) < 4.78 is 5.51. The highest BCUT2D eigenvalue weighted by molar-refractivity contribution is 7.15. The molecule has 160 valence electrons. The maximum Gasteiger partial charge on any atom is 0.268 e. The van der Waals surface area contributed by atoms with Gasteiger partial charge in [0, 0.05) is 17.0 Å². The van der Waals surface area contributed by atoms with Gasteiger partial charge in [0.25, 0.3) is 5.89 Å². The minimum atomic E-state index is -0.609. The Hall–Kier alpha value is -2.26. The van der Waals surface area contributed by atoms with Gasteiger partial charge in [-0.1, -0.05) is 30.6 Å². The van der Waals surface area contributed by atoms with E-state index in [9.17, 15) is 4.79 Å². The lowest BCUT2D eigenvalue weighted by Gasteiger charge is -2.17. The zero-order valence-electron chi connectivity index (χ0n) is 17.5. The van der Waals surface area contributed by atoms with E-state index in [1.807, 2.05) is 13.0 Å². The van der Waals surface area contributed by atoms with Crippen LogP contribution >= 0.6 is 22.9 Å². The standard InChI is InChI=1S/C21H25ClN4O3S/c1-5-26(6-2)10-17-12(3)8-16(30-17)21-24-20(25-29-21)14-7-13(4)19(15(22)9-14)23-18(28)11-27/h7-9,27H,5-6,10-11H2,1-4H3,(H,23,28). The highest BCUT2D eigenvalue weighted by atomic mass is 35.5. The van der Waals surface area contributed by atoms with Gasteiger partial charge < -0.3 is 14.9 Å². The van der Waals surface area contributed by atoms with E-state index in [0.717, 1.165) is 30.1 Å². The van der Waals surface area contributed by atoms with Crippen LogP contribution in [0, 0.1) is 13.8 Å². The number of rotatable bonds is 8. The van der Waals surface area contributed by atoms with Crippen LogP contribution in [0.4, 0.5) is 5.69 Å². The second-order valence-corrected chi connectivity index (χ2v) is 8.50. The molecule has 0 bridgehead atoms. The highest BCUT2D eigenvalue weighted by Gasteiger charge is 2.18. The lowest BCUT2D eigenvalue weighted by molar-refractivity contribution is -0.118. The van der Waals surface area contributed by atoms with Gasteiger partial charge in [-0.2, -0.15) is 4.98 Å². The average molecular weight is 449 g/mol. The third-order valence-electron chi connectivity index (χ3n) is 4.87. The molecule has 0 aliphatic heterocycles. The van der Waals surface area contributed by atoms with E-state index in [1.165, 1.54) is 10.4 Å². The Labute approximate surface area is 184 Å². The predicted molar refractivity (Wildman–Crippen MR) is 120 cm³/mol. The van der Waals surface area contributed by atoms with E-state index in [2.05, 4.69) is 47.2 Å². The first-order valence-electron chi connectivity index (χ1n) is 9.73. The Morgan fingerprint density at radius 1 is 1.23 bits per heavy atom. The summed E-state index contributed by atoms with van der Waals surface area (Å²) in [5, 5.41) is 16.0. The summed E-state index contributed by atoms with van der Waals surface area (Å²) in [4.78, 5) is 20.6. The number of nitrogens with zero attached hydrogens (tertiary/aromatic N) is 3. The molecule has 3 aromatic rings. The fourth-order valence-electron chi connectivity index (χ4n) is 3.08. The minimum Gasteiger partial charge on any atom is -0.387 e. The molecular formula is C21H25ClN4O3S. The van der Waals surface area contributed by atoms with Crippen molar-refractivity contribution in [2.45, 2.75) is 34.2 Å². The molecule has 1 aromatic carbocycles. The number of aromatic nitrogens is 2. The van der Waals surface area contributed by atoms with Gasteiger partial charge in [-0.3, -0.25) is 9.69 Å². The number of benzene rings is 1. The smallest absolute Gasteiger partial charge is 0.268 e. The SMILES string of the molecule is CCN(CC)Cc1sc(-c2nc(-c3cc(C)c(NC(=O)CO)c(Cl)c3)no2)cc1C. The van der Waals surface area contributed by atoms with Crippen LogP contribution in [-0.2, 0) is 11.3 Å². The van der Waals surface area contributed by atoms with Gasteiger partial charge in [0.1, 0.15) is 6.61 Å². The van der Waals surface area contributed by atoms with E-state index in [0.29, 0.717) is 28.0 Å². The number of aliphatic hydroxyl groups excluding tert-OH is 1. The Kier molecular flexibility index (Phi) is 7.25. The molecule has 0 aliphatic rings. The number of hydrogen-bond acceptors (Lipinski definition) is 7. The van der Waals surface area contributed by atoms with Crippen LogP contribution in [0.25, 0.3) is 22.2 Å². The zero-order chi connectivity index (χ0) is 21.8. The van der Waals surface area contributed by atoms with Gasteiger partial charge in [-0.05, 0) is 56.3 Å². The lowest BCUT2D eigenvalue weighted by atomic mass is 10.1. The number of carbonyl (C=O) groups excluding carboxylic acids is 1. The molecular weight excluding hydrogens is 424 g/mol. The predicted octanol–water partition coefficient (Wildman–Crippen LogP) is 4.51. The molecule has 30 heavy (non-hydrogen) atoms. The summed E-state index contributed by atoms with van der Waals surface area (Å²) in [6.45, 7) is 10.5. The first-order chi connectivity index (χ1) is 14.4. The van der Waals surface area contributed by atoms with Gasteiger partial charge in [-0.25, -0.2) is 0 Å². The second kappa shape index (κ2) is 9.70. The van der Waals surface area contributed by atoms with Crippen molar-refractivity contribution in [2.75, 3.05) is 25.0 Å². The molecule has 7 nitrogen and oxygen atoms in total. The highest BCUT2D eigenvalue weighted by Crippen LogP contribution is 2.34. The van der Waals surface area contributed by atoms with E-state index in [1.54, 1.807) is 17.4 Å². The monoisotopic (exact) mass is 448 g/mol. The van der Waals surface area contributed by atoms with Crippen molar-refractivity contribution in [1.29, 1.82) is 0 Å². The minimum absolute atomic E-state index is 0.339. The van der Waals surface area contributed by atoms with Crippen LogP contribution < -0.4 is 5.32 Å². The lowest BCUT2D eigenvalue weighted by Crippen LogP contribution is -2.21. The Morgan fingerprint density at radius 2 is 1.97 bits per heavy atom. The largest absolute Gasteiger partial charge is 0.387 e. The van der Waals surface area contributed by atoms with E-state index >= 15 is 0 Å². The Morgan fingerprint density at radius 3 is 2.60 bits per heavy atom. The number of hydrogen-bond donors (Lipinski definition) is 2. The van der Waals surface area contributed by atoms with Gasteiger partial charge in [0.05, 0.1) is 15.6 Å². The first kappa shape index (κ1) is 22.4. The van der Waals surface area contributed by atoms with E-state index in [4.69, 9.17) is 21.2 Å². The molecule has 2 heterocycles. The van der Waals surface area contributed by atoms with E-state index < -0.39 is 12.5 Å². The first-order valence-corrected chi connectivity index (χ1v) is 10.9. The number of aliphatic hydroxyl groups is 1. The van der Waals surface area contributed by atoms with Crippen LogP contribution in [0.3, 0.4) is 0 Å². The molecule has 2 aromatic heterocycles. The third-order valence-corrected chi connectivity index (χ3v) is 6.38. The molecule has 0 spiro atoms. The van der Waals surface area contributed by atoms with Crippen molar-refractivity contribution < 1.29 is 14.4 Å². The molecule has 0 aliphatic carbocycles. The Balaban J connectivity index is 1.86. The molecule has 0 atom stereocenters. The molecule has 1 amide bonds. The van der Waals surface area contributed by atoms with Crippen LogP contribution in [0.2, 0.25) is 5.02 Å². The van der Waals surface area contributed by atoms with Crippen molar-refractivity contribution >= 4 is 34.5 Å². The van der Waals surface area contributed by atoms with Crippen LogP contribution in [0.1, 0.15) is 29.9 Å². The molecule has 0 radical (unpaired) electrons. The van der Waals surface area contributed by atoms with Gasteiger partial charge >= 0.3 is 0 Å². The number of halogens is 1. The summed E-state index contributed by atoms with van der Waals surface area (Å²) in [5.41, 5.74) is 3.09. The maximum atomic E-state index is 11.5. The fourth-order valence-corrected chi connectivity index (χ4v) is 4.54. The number of thiophene rings is 1. The molecule has 0 fully saturated rings. The quantitative estimate of drug-likeness (QED) is 0.526. The van der Waals surface area contributed by atoms with E-state index in [-0.39, 0.29) is 0 Å². The Bertz CT molecular complexity index is 1020. The molecule has 0 unspecified atom stereocenters. The second-order valence-electron chi connectivity index (χ2n) is 6.96. The normalized spacial score (nSPS) is 11.3. The van der Waals surface area contributed by atoms with Crippen LogP contribution in [0.5, 0.6) is 0 Å². The molecule has 3 rings (SSSR count). The molecule has 0 saturated heterocycles. The van der Waals surface area contributed by atoms with Gasteiger partial charge in [0.2, 0.25) is 11.7 Å².